The predicted octanol–water partition coefficient (Wildman–Crippen LogP) is 3.07. The molecule has 0 spiro atoms. The summed E-state index contributed by atoms with van der Waals surface area (Å²) >= 11 is 0. The summed E-state index contributed by atoms with van der Waals surface area (Å²) in [5, 5.41) is 2.85. The van der Waals surface area contributed by atoms with Crippen LogP contribution in [0.3, 0.4) is 0 Å². The van der Waals surface area contributed by atoms with E-state index in [1.54, 1.807) is 73.9 Å². The van der Waals surface area contributed by atoms with Crippen molar-refractivity contribution in [3.63, 3.8) is 0 Å². The Labute approximate surface area is 180 Å². The maximum atomic E-state index is 12.6. The van der Waals surface area contributed by atoms with Crippen LogP contribution in [0.15, 0.2) is 55.0 Å². The quantitative estimate of drug-likeness (QED) is 0.685. The van der Waals surface area contributed by atoms with Crippen molar-refractivity contribution in [2.45, 2.75) is 19.3 Å². The number of aromatic nitrogens is 3. The number of methoxy groups -OCH3 is 1. The number of benzene rings is 1. The summed E-state index contributed by atoms with van der Waals surface area (Å²) in [7, 11) is 1.59. The molecule has 0 saturated carbocycles. The third-order valence-corrected chi connectivity index (χ3v) is 5.34. The van der Waals surface area contributed by atoms with Crippen LogP contribution in [0.5, 0.6) is 5.75 Å². The lowest BCUT2D eigenvalue weighted by Crippen LogP contribution is -2.28. The minimum Gasteiger partial charge on any atom is -0.497 e. The molecule has 0 aliphatic carbocycles. The number of anilines is 1. The first-order valence-electron chi connectivity index (χ1n) is 10.0. The molecular formula is C23H23N5O3. The molecule has 0 unspecified atom stereocenters. The molecule has 1 fully saturated rings. The Kier molecular flexibility index (Phi) is 5.88. The van der Waals surface area contributed by atoms with E-state index < -0.39 is 0 Å². The fraction of sp³-hybridized carbons (Fsp3) is 0.261. The molecule has 1 N–H and O–H groups in total. The largest absolute Gasteiger partial charge is 0.497 e. The number of pyridine rings is 1. The average molecular weight is 417 g/mol. The minimum atomic E-state index is -0.269. The van der Waals surface area contributed by atoms with E-state index in [-0.39, 0.29) is 17.7 Å². The van der Waals surface area contributed by atoms with Crippen LogP contribution in [0.2, 0.25) is 0 Å². The topological polar surface area (TPSA) is 97.3 Å². The third kappa shape index (κ3) is 4.53. The number of nitrogens with zero attached hydrogens (tertiary/aromatic N) is 4. The highest BCUT2D eigenvalue weighted by Crippen LogP contribution is 2.26. The highest BCUT2D eigenvalue weighted by molar-refractivity contribution is 6.04. The second-order valence-electron chi connectivity index (χ2n) is 7.39. The summed E-state index contributed by atoms with van der Waals surface area (Å²) in [5.41, 5.74) is 2.26. The van der Waals surface area contributed by atoms with Gasteiger partial charge >= 0.3 is 0 Å². The molecule has 158 valence electrons. The molecular weight excluding hydrogens is 394 g/mol. The molecule has 2 amide bonds. The lowest BCUT2D eigenvalue weighted by molar-refractivity contribution is 0.0790. The lowest BCUT2D eigenvalue weighted by Gasteiger charge is -2.16. The molecule has 2 aromatic heterocycles. The molecule has 1 aliphatic rings. The first-order valence-corrected chi connectivity index (χ1v) is 10.0. The second kappa shape index (κ2) is 8.91. The number of likely N-dealkylation sites (tertiary alicyclic amines) is 1. The normalized spacial score (nSPS) is 15.5. The van der Waals surface area contributed by atoms with E-state index in [1.165, 1.54) is 0 Å². The van der Waals surface area contributed by atoms with Gasteiger partial charge in [0, 0.05) is 43.3 Å². The third-order valence-electron chi connectivity index (χ3n) is 5.34. The number of aryl methyl sites for hydroxylation is 1. The van der Waals surface area contributed by atoms with Gasteiger partial charge in [0.2, 0.25) is 0 Å². The van der Waals surface area contributed by atoms with Gasteiger partial charge in [0.05, 0.1) is 23.9 Å². The summed E-state index contributed by atoms with van der Waals surface area (Å²) < 4.78 is 5.13. The highest BCUT2D eigenvalue weighted by Gasteiger charge is 2.30. The maximum Gasteiger partial charge on any atom is 0.259 e. The van der Waals surface area contributed by atoms with Crippen LogP contribution in [0, 0.1) is 6.92 Å². The van der Waals surface area contributed by atoms with Gasteiger partial charge in [-0.1, -0.05) is 0 Å². The van der Waals surface area contributed by atoms with Crippen molar-refractivity contribution in [2.24, 2.45) is 0 Å². The molecule has 1 aliphatic heterocycles. The first kappa shape index (κ1) is 20.5. The van der Waals surface area contributed by atoms with Crippen LogP contribution in [0.4, 0.5) is 5.69 Å². The summed E-state index contributed by atoms with van der Waals surface area (Å²) in [6.45, 7) is 2.98. The van der Waals surface area contributed by atoms with Crippen molar-refractivity contribution in [1.82, 2.24) is 19.9 Å². The number of carbonyl (C=O) groups is 2. The molecule has 0 radical (unpaired) electrons. The fourth-order valence-electron chi connectivity index (χ4n) is 3.60. The molecule has 3 heterocycles. The van der Waals surface area contributed by atoms with Crippen molar-refractivity contribution in [3.8, 4) is 5.75 Å². The van der Waals surface area contributed by atoms with Gasteiger partial charge < -0.3 is 15.0 Å². The van der Waals surface area contributed by atoms with Crippen LogP contribution in [-0.4, -0.2) is 51.9 Å². The van der Waals surface area contributed by atoms with E-state index in [4.69, 9.17) is 4.74 Å². The minimum absolute atomic E-state index is 0.0391. The van der Waals surface area contributed by atoms with E-state index in [2.05, 4.69) is 20.3 Å². The van der Waals surface area contributed by atoms with Gasteiger partial charge in [0.1, 0.15) is 11.6 Å². The average Bonchev–Trinajstić information content (AvgIpc) is 3.30. The van der Waals surface area contributed by atoms with E-state index >= 15 is 0 Å². The van der Waals surface area contributed by atoms with Crippen LogP contribution in [0.1, 0.15) is 44.6 Å². The highest BCUT2D eigenvalue weighted by atomic mass is 16.5. The fourth-order valence-corrected chi connectivity index (χ4v) is 3.60. The maximum absolute atomic E-state index is 12.6. The smallest absolute Gasteiger partial charge is 0.259 e. The lowest BCUT2D eigenvalue weighted by atomic mass is 10.1. The molecule has 0 bridgehead atoms. The van der Waals surface area contributed by atoms with Crippen molar-refractivity contribution in [1.29, 1.82) is 0 Å². The van der Waals surface area contributed by atoms with Crippen molar-refractivity contribution < 1.29 is 14.3 Å². The standard InChI is InChI=1S/C23H23N5O3/c1-15-20(22(29)27-18-5-7-19(31-2)8-6-18)13-25-21(26-15)17-9-11-28(14-17)23(30)16-4-3-10-24-12-16/h3-8,10,12-13,17H,9,11,14H2,1-2H3,(H,27,29)/t17-/m1/s1. The van der Waals surface area contributed by atoms with Gasteiger partial charge in [-0.05, 0) is 49.7 Å². The van der Waals surface area contributed by atoms with Crippen molar-refractivity contribution in [2.75, 3.05) is 25.5 Å². The number of nitrogens with one attached hydrogen (secondary N) is 1. The zero-order chi connectivity index (χ0) is 21.8. The molecule has 1 aromatic carbocycles. The number of ether oxygens (including phenoxy) is 1. The predicted molar refractivity (Wildman–Crippen MR) is 115 cm³/mol. The van der Waals surface area contributed by atoms with Crippen molar-refractivity contribution in [3.05, 3.63) is 77.6 Å². The van der Waals surface area contributed by atoms with E-state index in [0.29, 0.717) is 41.4 Å². The number of hydrogen-bond acceptors (Lipinski definition) is 6. The molecule has 1 saturated heterocycles. The van der Waals surface area contributed by atoms with Gasteiger partial charge in [0.25, 0.3) is 11.8 Å². The van der Waals surface area contributed by atoms with Gasteiger partial charge in [-0.3, -0.25) is 14.6 Å². The van der Waals surface area contributed by atoms with Gasteiger partial charge in [0.15, 0.2) is 0 Å². The van der Waals surface area contributed by atoms with Crippen LogP contribution in [-0.2, 0) is 0 Å². The number of rotatable bonds is 5. The van der Waals surface area contributed by atoms with Gasteiger partial charge in [-0.2, -0.15) is 0 Å². The molecule has 1 atom stereocenters. The number of carbonyl (C=O) groups excluding carboxylic acids is 2. The molecule has 4 rings (SSSR count). The molecule has 8 nitrogen and oxygen atoms in total. The Balaban J connectivity index is 1.42. The van der Waals surface area contributed by atoms with Crippen molar-refractivity contribution >= 4 is 17.5 Å². The zero-order valence-electron chi connectivity index (χ0n) is 17.4. The SMILES string of the molecule is COc1ccc(NC(=O)c2cnc([C@@H]3CCN(C(=O)c4cccnc4)C3)nc2C)cc1. The van der Waals surface area contributed by atoms with Crippen LogP contribution < -0.4 is 10.1 Å². The van der Waals surface area contributed by atoms with E-state index in [9.17, 15) is 9.59 Å². The molecule has 3 aromatic rings. The summed E-state index contributed by atoms with van der Waals surface area (Å²) in [6, 6.07) is 10.6. The van der Waals surface area contributed by atoms with Crippen LogP contribution >= 0.6 is 0 Å². The Bertz CT molecular complexity index is 1090. The summed E-state index contributed by atoms with van der Waals surface area (Å²) in [6.07, 6.45) is 5.56. The number of amides is 2. The Morgan fingerprint density at radius 2 is 1.97 bits per heavy atom. The van der Waals surface area contributed by atoms with E-state index in [0.717, 1.165) is 12.2 Å². The number of hydrogen-bond donors (Lipinski definition) is 1. The monoisotopic (exact) mass is 417 g/mol. The van der Waals surface area contributed by atoms with Crippen LogP contribution in [0.25, 0.3) is 0 Å². The Hall–Kier alpha value is -3.81. The van der Waals surface area contributed by atoms with E-state index in [1.807, 2.05) is 0 Å². The summed E-state index contributed by atoms with van der Waals surface area (Å²) in [5.74, 6) is 1.10. The molecule has 31 heavy (non-hydrogen) atoms. The first-order chi connectivity index (χ1) is 15.0. The zero-order valence-corrected chi connectivity index (χ0v) is 17.4. The Morgan fingerprint density at radius 1 is 1.16 bits per heavy atom. The Morgan fingerprint density at radius 3 is 2.65 bits per heavy atom. The van der Waals surface area contributed by atoms with Gasteiger partial charge in [-0.15, -0.1) is 0 Å². The molecule has 8 heteroatoms. The second-order valence-corrected chi connectivity index (χ2v) is 7.39. The van der Waals surface area contributed by atoms with Gasteiger partial charge in [-0.25, -0.2) is 9.97 Å². The summed E-state index contributed by atoms with van der Waals surface area (Å²) in [4.78, 5) is 40.1.